The third-order valence-electron chi connectivity index (χ3n) is 2.68. The van der Waals surface area contributed by atoms with Crippen molar-refractivity contribution in [2.24, 2.45) is 11.7 Å². The summed E-state index contributed by atoms with van der Waals surface area (Å²) in [5.41, 5.74) is 7.19. The standard InChI is InChI=1S/C11H19N3O2/c1-6(5-12)11(15)13-7(2)10-8(3)14-16-9(10)4/h6-7H,5,12H2,1-4H3,(H,13,15). The van der Waals surface area contributed by atoms with Crippen LogP contribution in [-0.2, 0) is 4.79 Å². The molecule has 1 heterocycles. The molecule has 0 aromatic carbocycles. The first kappa shape index (κ1) is 12.7. The number of hydrogen-bond acceptors (Lipinski definition) is 4. The van der Waals surface area contributed by atoms with E-state index in [0.29, 0.717) is 6.54 Å². The second kappa shape index (κ2) is 5.12. The minimum absolute atomic E-state index is 0.0463. The molecule has 0 spiro atoms. The number of amides is 1. The van der Waals surface area contributed by atoms with Crippen LogP contribution in [0.1, 0.15) is 36.9 Å². The average Bonchev–Trinajstić information content (AvgIpc) is 2.57. The van der Waals surface area contributed by atoms with E-state index < -0.39 is 0 Å². The van der Waals surface area contributed by atoms with Crippen molar-refractivity contribution in [3.05, 3.63) is 17.0 Å². The first-order chi connectivity index (χ1) is 7.47. The van der Waals surface area contributed by atoms with Gasteiger partial charge < -0.3 is 15.6 Å². The van der Waals surface area contributed by atoms with Crippen LogP contribution in [0.4, 0.5) is 0 Å². The fourth-order valence-corrected chi connectivity index (χ4v) is 1.64. The quantitative estimate of drug-likeness (QED) is 0.803. The number of rotatable bonds is 4. The molecule has 1 aromatic rings. The number of nitrogens with two attached hydrogens (primary N) is 1. The lowest BCUT2D eigenvalue weighted by molar-refractivity contribution is -0.124. The van der Waals surface area contributed by atoms with Crippen molar-refractivity contribution in [2.75, 3.05) is 6.54 Å². The van der Waals surface area contributed by atoms with Crippen molar-refractivity contribution in [1.82, 2.24) is 10.5 Å². The number of aromatic nitrogens is 1. The van der Waals surface area contributed by atoms with Gasteiger partial charge in [0.25, 0.3) is 0 Å². The van der Waals surface area contributed by atoms with Gasteiger partial charge in [-0.15, -0.1) is 0 Å². The van der Waals surface area contributed by atoms with Gasteiger partial charge in [-0.2, -0.15) is 0 Å². The van der Waals surface area contributed by atoms with Gasteiger partial charge in [-0.05, 0) is 20.8 Å². The summed E-state index contributed by atoms with van der Waals surface area (Å²) in [6, 6.07) is -0.104. The van der Waals surface area contributed by atoms with Crippen LogP contribution in [0.15, 0.2) is 4.52 Å². The van der Waals surface area contributed by atoms with Crippen molar-refractivity contribution >= 4 is 5.91 Å². The summed E-state index contributed by atoms with van der Waals surface area (Å²) in [6.45, 7) is 7.76. The molecule has 0 fully saturated rings. The molecule has 3 N–H and O–H groups in total. The van der Waals surface area contributed by atoms with Crippen LogP contribution < -0.4 is 11.1 Å². The van der Waals surface area contributed by atoms with E-state index in [9.17, 15) is 4.79 Å². The summed E-state index contributed by atoms with van der Waals surface area (Å²) < 4.78 is 5.06. The van der Waals surface area contributed by atoms with Gasteiger partial charge in [-0.1, -0.05) is 12.1 Å². The van der Waals surface area contributed by atoms with E-state index in [0.717, 1.165) is 17.0 Å². The molecule has 90 valence electrons. The average molecular weight is 225 g/mol. The second-order valence-corrected chi connectivity index (χ2v) is 4.10. The molecule has 2 unspecified atom stereocenters. The molecule has 0 bridgehead atoms. The number of nitrogens with one attached hydrogen (secondary N) is 1. The molecule has 1 aromatic heterocycles. The molecule has 5 heteroatoms. The molecule has 0 saturated heterocycles. The van der Waals surface area contributed by atoms with Gasteiger partial charge in [0.1, 0.15) is 5.76 Å². The van der Waals surface area contributed by atoms with Crippen LogP contribution in [0.3, 0.4) is 0 Å². The molecule has 0 aliphatic heterocycles. The fourth-order valence-electron chi connectivity index (χ4n) is 1.64. The van der Waals surface area contributed by atoms with Gasteiger partial charge in [0.2, 0.25) is 5.91 Å². The van der Waals surface area contributed by atoms with Crippen LogP contribution in [-0.4, -0.2) is 17.6 Å². The summed E-state index contributed by atoms with van der Waals surface area (Å²) in [6.07, 6.45) is 0. The van der Waals surface area contributed by atoms with Gasteiger partial charge in [0.15, 0.2) is 0 Å². The molecule has 0 aliphatic rings. The van der Waals surface area contributed by atoms with Crippen molar-refractivity contribution in [3.8, 4) is 0 Å². The van der Waals surface area contributed by atoms with Crippen LogP contribution in [0, 0.1) is 19.8 Å². The Labute approximate surface area is 95.4 Å². The molecule has 0 saturated carbocycles. The van der Waals surface area contributed by atoms with E-state index in [1.54, 1.807) is 6.92 Å². The van der Waals surface area contributed by atoms with E-state index in [2.05, 4.69) is 10.5 Å². The zero-order valence-electron chi connectivity index (χ0n) is 10.2. The number of carbonyl (C=O) groups is 1. The highest BCUT2D eigenvalue weighted by atomic mass is 16.5. The molecular weight excluding hydrogens is 206 g/mol. The van der Waals surface area contributed by atoms with E-state index in [-0.39, 0.29) is 17.9 Å². The molecule has 2 atom stereocenters. The largest absolute Gasteiger partial charge is 0.361 e. The molecule has 0 aliphatic carbocycles. The van der Waals surface area contributed by atoms with E-state index >= 15 is 0 Å². The summed E-state index contributed by atoms with van der Waals surface area (Å²) in [5.74, 6) is 0.517. The Morgan fingerprint density at radius 3 is 2.56 bits per heavy atom. The third kappa shape index (κ3) is 2.61. The van der Waals surface area contributed by atoms with Gasteiger partial charge in [0, 0.05) is 18.0 Å². The predicted molar refractivity (Wildman–Crippen MR) is 60.8 cm³/mol. The second-order valence-electron chi connectivity index (χ2n) is 4.10. The normalized spacial score (nSPS) is 14.6. The lowest BCUT2D eigenvalue weighted by Crippen LogP contribution is -2.35. The van der Waals surface area contributed by atoms with Gasteiger partial charge >= 0.3 is 0 Å². The predicted octanol–water partition coefficient (Wildman–Crippen LogP) is 1.06. The molecule has 5 nitrogen and oxygen atoms in total. The topological polar surface area (TPSA) is 81.2 Å². The van der Waals surface area contributed by atoms with Crippen LogP contribution >= 0.6 is 0 Å². The molecule has 1 rings (SSSR count). The molecule has 1 amide bonds. The number of nitrogens with zero attached hydrogens (tertiary/aromatic N) is 1. The minimum atomic E-state index is -0.178. The molecule has 0 radical (unpaired) electrons. The highest BCUT2D eigenvalue weighted by Gasteiger charge is 2.20. The lowest BCUT2D eigenvalue weighted by Gasteiger charge is -2.16. The Hall–Kier alpha value is -1.36. The fraction of sp³-hybridized carbons (Fsp3) is 0.636. The summed E-state index contributed by atoms with van der Waals surface area (Å²) in [5, 5.41) is 6.75. The summed E-state index contributed by atoms with van der Waals surface area (Å²) in [7, 11) is 0. The number of hydrogen-bond donors (Lipinski definition) is 2. The SMILES string of the molecule is Cc1noc(C)c1C(C)NC(=O)C(C)CN. The van der Waals surface area contributed by atoms with Gasteiger partial charge in [0.05, 0.1) is 11.7 Å². The Balaban J connectivity index is 2.73. The van der Waals surface area contributed by atoms with Crippen LogP contribution in [0.2, 0.25) is 0 Å². The first-order valence-corrected chi connectivity index (χ1v) is 5.40. The minimum Gasteiger partial charge on any atom is -0.361 e. The van der Waals surface area contributed by atoms with Crippen LogP contribution in [0.25, 0.3) is 0 Å². The Bertz CT molecular complexity index is 354. The Morgan fingerprint density at radius 1 is 1.50 bits per heavy atom. The van der Waals surface area contributed by atoms with Crippen molar-refractivity contribution in [2.45, 2.75) is 33.7 Å². The zero-order valence-corrected chi connectivity index (χ0v) is 10.2. The number of carbonyl (C=O) groups excluding carboxylic acids is 1. The van der Waals surface area contributed by atoms with Crippen molar-refractivity contribution < 1.29 is 9.32 Å². The highest BCUT2D eigenvalue weighted by Crippen LogP contribution is 2.20. The highest BCUT2D eigenvalue weighted by molar-refractivity contribution is 5.79. The van der Waals surface area contributed by atoms with Crippen molar-refractivity contribution in [3.63, 3.8) is 0 Å². The summed E-state index contributed by atoms with van der Waals surface area (Å²) >= 11 is 0. The maximum atomic E-state index is 11.7. The van der Waals surface area contributed by atoms with Crippen LogP contribution in [0.5, 0.6) is 0 Å². The Kier molecular flexibility index (Phi) is 4.06. The third-order valence-corrected chi connectivity index (χ3v) is 2.68. The summed E-state index contributed by atoms with van der Waals surface area (Å²) in [4.78, 5) is 11.7. The molecule has 16 heavy (non-hydrogen) atoms. The maximum Gasteiger partial charge on any atom is 0.224 e. The van der Waals surface area contributed by atoms with E-state index in [4.69, 9.17) is 10.3 Å². The molecular formula is C11H19N3O2. The smallest absolute Gasteiger partial charge is 0.224 e. The zero-order chi connectivity index (χ0) is 12.3. The van der Waals surface area contributed by atoms with Gasteiger partial charge in [-0.25, -0.2) is 0 Å². The number of aryl methyl sites for hydroxylation is 2. The van der Waals surface area contributed by atoms with E-state index in [1.165, 1.54) is 0 Å². The van der Waals surface area contributed by atoms with Crippen molar-refractivity contribution in [1.29, 1.82) is 0 Å². The maximum absolute atomic E-state index is 11.7. The van der Waals surface area contributed by atoms with Gasteiger partial charge in [-0.3, -0.25) is 4.79 Å². The lowest BCUT2D eigenvalue weighted by atomic mass is 10.1. The Morgan fingerprint density at radius 2 is 2.12 bits per heavy atom. The van der Waals surface area contributed by atoms with E-state index in [1.807, 2.05) is 20.8 Å². The first-order valence-electron chi connectivity index (χ1n) is 5.40. The monoisotopic (exact) mass is 225 g/mol.